The van der Waals surface area contributed by atoms with Crippen LogP contribution < -0.4 is 16.4 Å². The van der Waals surface area contributed by atoms with E-state index in [9.17, 15) is 14.4 Å². The van der Waals surface area contributed by atoms with Crippen LogP contribution in [-0.2, 0) is 17.9 Å². The number of benzene rings is 2. The van der Waals surface area contributed by atoms with E-state index >= 15 is 0 Å². The summed E-state index contributed by atoms with van der Waals surface area (Å²) in [4.78, 5) is 35.2. The Balaban J connectivity index is 1.57. The van der Waals surface area contributed by atoms with Gasteiger partial charge in [-0.2, -0.15) is 0 Å². The number of nitrogens with zero attached hydrogens (tertiary/aromatic N) is 1. The van der Waals surface area contributed by atoms with Crippen molar-refractivity contribution >= 4 is 17.7 Å². The van der Waals surface area contributed by atoms with E-state index in [-0.39, 0.29) is 18.4 Å². The molecule has 7 nitrogen and oxygen atoms in total. The van der Waals surface area contributed by atoms with Crippen LogP contribution in [-0.4, -0.2) is 28.8 Å². The number of nitrogens with one attached hydrogen (secondary N) is 2. The summed E-state index contributed by atoms with van der Waals surface area (Å²) in [5.74, 6) is -1.15. The predicted molar refractivity (Wildman–Crippen MR) is 109 cm³/mol. The van der Waals surface area contributed by atoms with Crippen molar-refractivity contribution in [2.75, 3.05) is 6.54 Å². The highest BCUT2D eigenvalue weighted by molar-refractivity contribution is 5.96. The zero-order valence-electron chi connectivity index (χ0n) is 15.8. The third-order valence-corrected chi connectivity index (χ3v) is 4.35. The lowest BCUT2D eigenvalue weighted by Crippen LogP contribution is -2.33. The Morgan fingerprint density at radius 2 is 1.52 bits per heavy atom. The van der Waals surface area contributed by atoms with Gasteiger partial charge in [-0.15, -0.1) is 0 Å². The van der Waals surface area contributed by atoms with E-state index in [1.807, 2.05) is 47.2 Å². The highest BCUT2D eigenvalue weighted by Gasteiger charge is 2.11. The number of primary amides is 1. The molecule has 3 amide bonds. The molecule has 0 radical (unpaired) electrons. The molecular weight excluding hydrogens is 368 g/mol. The molecule has 2 aromatic carbocycles. The zero-order chi connectivity index (χ0) is 20.6. The van der Waals surface area contributed by atoms with Gasteiger partial charge >= 0.3 is 0 Å². The molecule has 0 spiro atoms. The lowest BCUT2D eigenvalue weighted by molar-refractivity contribution is -0.117. The molecule has 0 fully saturated rings. The first kappa shape index (κ1) is 19.9. The minimum atomic E-state index is -0.602. The van der Waals surface area contributed by atoms with Crippen LogP contribution >= 0.6 is 0 Å². The Kier molecular flexibility index (Phi) is 6.42. The van der Waals surface area contributed by atoms with Crippen LogP contribution in [0.25, 0.3) is 0 Å². The quantitative estimate of drug-likeness (QED) is 0.545. The standard InChI is InChI=1S/C22H22N4O3/c23-20(27)14-25-21(28)18-10-8-16(9-11-18)13-24-22(29)19-7-4-12-26(19)15-17-5-2-1-3-6-17/h1-12H,13-15H2,(H2,23,27)(H,24,29)(H,25,28). The Morgan fingerprint density at radius 1 is 0.793 bits per heavy atom. The van der Waals surface area contributed by atoms with E-state index < -0.39 is 5.91 Å². The van der Waals surface area contributed by atoms with Crippen LogP contribution in [0.4, 0.5) is 0 Å². The van der Waals surface area contributed by atoms with Crippen molar-refractivity contribution in [1.82, 2.24) is 15.2 Å². The number of hydrogen-bond acceptors (Lipinski definition) is 3. The van der Waals surface area contributed by atoms with E-state index in [1.165, 1.54) is 0 Å². The minimum absolute atomic E-state index is 0.172. The molecule has 148 valence electrons. The third kappa shape index (κ3) is 5.55. The van der Waals surface area contributed by atoms with Gasteiger partial charge in [0, 0.05) is 24.8 Å². The number of aromatic nitrogens is 1. The maximum atomic E-state index is 12.6. The summed E-state index contributed by atoms with van der Waals surface area (Å²) in [7, 11) is 0. The molecule has 0 aliphatic rings. The molecule has 0 aliphatic heterocycles. The van der Waals surface area contributed by atoms with Gasteiger partial charge in [0.2, 0.25) is 5.91 Å². The molecule has 0 saturated heterocycles. The number of rotatable bonds is 8. The topological polar surface area (TPSA) is 106 Å². The van der Waals surface area contributed by atoms with E-state index in [4.69, 9.17) is 5.73 Å². The second-order valence-corrected chi connectivity index (χ2v) is 6.54. The van der Waals surface area contributed by atoms with Crippen LogP contribution in [0.3, 0.4) is 0 Å². The number of hydrogen-bond donors (Lipinski definition) is 3. The number of carbonyl (C=O) groups is 3. The molecular formula is C22H22N4O3. The van der Waals surface area contributed by atoms with Crippen molar-refractivity contribution in [3.8, 4) is 0 Å². The summed E-state index contributed by atoms with van der Waals surface area (Å²) in [6.07, 6.45) is 1.88. The van der Waals surface area contributed by atoms with Crippen LogP contribution in [0.15, 0.2) is 72.9 Å². The molecule has 0 aliphatic carbocycles. The largest absolute Gasteiger partial charge is 0.368 e. The zero-order valence-corrected chi connectivity index (χ0v) is 15.8. The first-order chi connectivity index (χ1) is 14.0. The van der Waals surface area contributed by atoms with Crippen LogP contribution in [0.5, 0.6) is 0 Å². The fourth-order valence-electron chi connectivity index (χ4n) is 2.85. The molecule has 29 heavy (non-hydrogen) atoms. The molecule has 1 heterocycles. The van der Waals surface area contributed by atoms with Crippen molar-refractivity contribution in [2.24, 2.45) is 5.73 Å². The molecule has 3 rings (SSSR count). The van der Waals surface area contributed by atoms with Crippen molar-refractivity contribution in [3.63, 3.8) is 0 Å². The Labute approximate surface area is 168 Å². The summed E-state index contributed by atoms with van der Waals surface area (Å²) in [5.41, 5.74) is 7.97. The second-order valence-electron chi connectivity index (χ2n) is 6.54. The van der Waals surface area contributed by atoms with E-state index in [0.717, 1.165) is 11.1 Å². The van der Waals surface area contributed by atoms with Crippen LogP contribution in [0, 0.1) is 0 Å². The van der Waals surface area contributed by atoms with Crippen molar-refractivity contribution in [2.45, 2.75) is 13.1 Å². The summed E-state index contributed by atoms with van der Waals surface area (Å²) < 4.78 is 1.90. The monoisotopic (exact) mass is 390 g/mol. The summed E-state index contributed by atoms with van der Waals surface area (Å²) in [6, 6.07) is 20.3. The molecule has 3 aromatic rings. The first-order valence-electron chi connectivity index (χ1n) is 9.15. The summed E-state index contributed by atoms with van der Waals surface area (Å²) >= 11 is 0. The second kappa shape index (κ2) is 9.36. The van der Waals surface area contributed by atoms with Gasteiger partial charge in [0.15, 0.2) is 0 Å². The molecule has 0 atom stereocenters. The van der Waals surface area contributed by atoms with Gasteiger partial charge in [-0.3, -0.25) is 14.4 Å². The van der Waals surface area contributed by atoms with Crippen LogP contribution in [0.1, 0.15) is 32.0 Å². The van der Waals surface area contributed by atoms with Crippen molar-refractivity contribution in [3.05, 3.63) is 95.3 Å². The average molecular weight is 390 g/mol. The first-order valence-corrected chi connectivity index (χ1v) is 9.15. The van der Waals surface area contributed by atoms with E-state index in [1.54, 1.807) is 30.3 Å². The van der Waals surface area contributed by atoms with Gasteiger partial charge in [-0.25, -0.2) is 0 Å². The van der Waals surface area contributed by atoms with Gasteiger partial charge in [0.1, 0.15) is 5.69 Å². The minimum Gasteiger partial charge on any atom is -0.368 e. The maximum absolute atomic E-state index is 12.6. The number of amides is 3. The Morgan fingerprint density at radius 3 is 2.21 bits per heavy atom. The van der Waals surface area contributed by atoms with E-state index in [2.05, 4.69) is 10.6 Å². The SMILES string of the molecule is NC(=O)CNC(=O)c1ccc(CNC(=O)c2cccn2Cc2ccccc2)cc1. The molecule has 0 bridgehead atoms. The fraction of sp³-hybridized carbons (Fsp3) is 0.136. The maximum Gasteiger partial charge on any atom is 0.268 e. The van der Waals surface area contributed by atoms with Gasteiger partial charge in [0.25, 0.3) is 11.8 Å². The van der Waals surface area contributed by atoms with Crippen molar-refractivity contribution < 1.29 is 14.4 Å². The fourth-order valence-corrected chi connectivity index (χ4v) is 2.85. The molecule has 4 N–H and O–H groups in total. The van der Waals surface area contributed by atoms with Gasteiger partial charge in [-0.1, -0.05) is 42.5 Å². The van der Waals surface area contributed by atoms with Gasteiger partial charge < -0.3 is 20.9 Å². The lowest BCUT2D eigenvalue weighted by atomic mass is 10.1. The van der Waals surface area contributed by atoms with Gasteiger partial charge in [-0.05, 0) is 35.4 Å². The smallest absolute Gasteiger partial charge is 0.268 e. The van der Waals surface area contributed by atoms with Crippen molar-refractivity contribution in [1.29, 1.82) is 0 Å². The number of carbonyl (C=O) groups excluding carboxylic acids is 3. The highest BCUT2D eigenvalue weighted by atomic mass is 16.2. The van der Waals surface area contributed by atoms with Crippen LogP contribution in [0.2, 0.25) is 0 Å². The average Bonchev–Trinajstić information content (AvgIpc) is 3.19. The Bertz CT molecular complexity index is 994. The third-order valence-electron chi connectivity index (χ3n) is 4.35. The molecule has 0 saturated carbocycles. The molecule has 7 heteroatoms. The highest BCUT2D eigenvalue weighted by Crippen LogP contribution is 2.09. The molecule has 0 unspecified atom stereocenters. The number of nitrogens with two attached hydrogens (primary N) is 1. The van der Waals surface area contributed by atoms with Gasteiger partial charge in [0.05, 0.1) is 6.54 Å². The lowest BCUT2D eigenvalue weighted by Gasteiger charge is -2.10. The van der Waals surface area contributed by atoms with E-state index in [0.29, 0.717) is 24.3 Å². The molecule has 1 aromatic heterocycles. The normalized spacial score (nSPS) is 10.3. The summed E-state index contributed by atoms with van der Waals surface area (Å²) in [6.45, 7) is 0.740. The predicted octanol–water partition coefficient (Wildman–Crippen LogP) is 1.68. The Hall–Kier alpha value is -3.87. The summed E-state index contributed by atoms with van der Waals surface area (Å²) in [5, 5.41) is 5.32.